The van der Waals surface area contributed by atoms with E-state index < -0.39 is 23.7 Å². The first kappa shape index (κ1) is 14.7. The van der Waals surface area contributed by atoms with E-state index in [4.69, 9.17) is 28.3 Å². The quantitative estimate of drug-likeness (QED) is 0.660. The molecular formula is C12H11Cl2N3O3. The van der Waals surface area contributed by atoms with Crippen molar-refractivity contribution in [2.75, 3.05) is 5.32 Å². The van der Waals surface area contributed by atoms with E-state index in [1.165, 1.54) is 6.33 Å². The number of nitrogens with zero attached hydrogens (tertiary/aromatic N) is 2. The van der Waals surface area contributed by atoms with Crippen molar-refractivity contribution in [2.45, 2.75) is 12.8 Å². The average molecular weight is 316 g/mol. The Morgan fingerprint density at radius 1 is 1.20 bits per heavy atom. The number of anilines is 1. The van der Waals surface area contributed by atoms with Crippen LogP contribution in [-0.2, 0) is 9.59 Å². The van der Waals surface area contributed by atoms with E-state index in [0.717, 1.165) is 0 Å². The number of carbonyl (C=O) groups is 2. The van der Waals surface area contributed by atoms with Crippen LogP contribution >= 0.6 is 23.2 Å². The van der Waals surface area contributed by atoms with Crippen LogP contribution in [0.5, 0.6) is 0 Å². The van der Waals surface area contributed by atoms with Crippen molar-refractivity contribution in [1.82, 2.24) is 9.97 Å². The van der Waals surface area contributed by atoms with E-state index in [2.05, 4.69) is 15.3 Å². The summed E-state index contributed by atoms with van der Waals surface area (Å²) in [4.78, 5) is 30.8. The Balaban J connectivity index is 2.17. The lowest BCUT2D eigenvalue weighted by atomic mass is 9.82. The molecule has 0 saturated heterocycles. The highest BCUT2D eigenvalue weighted by Gasteiger charge is 2.34. The van der Waals surface area contributed by atoms with Crippen LogP contribution in [0, 0.1) is 11.8 Å². The second-order valence-corrected chi connectivity index (χ2v) is 5.05. The number of amides is 1. The van der Waals surface area contributed by atoms with Gasteiger partial charge in [-0.25, -0.2) is 9.97 Å². The molecule has 1 aliphatic rings. The molecule has 0 aromatic carbocycles. The molecule has 8 heteroatoms. The second kappa shape index (κ2) is 6.19. The molecule has 0 aliphatic heterocycles. The molecule has 0 bridgehead atoms. The van der Waals surface area contributed by atoms with E-state index in [9.17, 15) is 9.59 Å². The number of halogens is 2. The minimum absolute atomic E-state index is 0.0234. The SMILES string of the molecule is O=C(O)C1CC=CCC1C(=O)Nc1ncnc(Cl)c1Cl. The summed E-state index contributed by atoms with van der Waals surface area (Å²) in [7, 11) is 0. The first-order chi connectivity index (χ1) is 9.50. The molecule has 2 atom stereocenters. The highest BCUT2D eigenvalue weighted by molar-refractivity contribution is 6.42. The molecular weight excluding hydrogens is 305 g/mol. The highest BCUT2D eigenvalue weighted by atomic mass is 35.5. The maximum atomic E-state index is 12.2. The van der Waals surface area contributed by atoms with Crippen LogP contribution in [0.25, 0.3) is 0 Å². The van der Waals surface area contributed by atoms with Gasteiger partial charge < -0.3 is 10.4 Å². The molecule has 2 rings (SSSR count). The molecule has 6 nitrogen and oxygen atoms in total. The molecule has 0 radical (unpaired) electrons. The van der Waals surface area contributed by atoms with Gasteiger partial charge in [0.15, 0.2) is 11.0 Å². The number of carboxylic acid groups (broad SMARTS) is 1. The van der Waals surface area contributed by atoms with Crippen molar-refractivity contribution in [2.24, 2.45) is 11.8 Å². The van der Waals surface area contributed by atoms with E-state index in [-0.39, 0.29) is 16.0 Å². The fourth-order valence-corrected chi connectivity index (χ4v) is 2.30. The standard InChI is InChI=1S/C12H11Cl2N3O3/c13-8-9(14)15-5-16-10(8)17-11(18)6-3-1-2-4-7(6)12(19)20/h1-2,5-7H,3-4H2,(H,19,20)(H,15,16,17,18). The van der Waals surface area contributed by atoms with Crippen molar-refractivity contribution >= 4 is 40.9 Å². The summed E-state index contributed by atoms with van der Waals surface area (Å²) in [5.41, 5.74) is 0. The summed E-state index contributed by atoms with van der Waals surface area (Å²) in [6.07, 6.45) is 5.40. The zero-order chi connectivity index (χ0) is 14.7. The fourth-order valence-electron chi connectivity index (χ4n) is 2.02. The van der Waals surface area contributed by atoms with Gasteiger partial charge in [0.2, 0.25) is 5.91 Å². The molecule has 1 aromatic heterocycles. The zero-order valence-electron chi connectivity index (χ0n) is 10.2. The molecule has 0 spiro atoms. The molecule has 1 aliphatic carbocycles. The predicted molar refractivity (Wildman–Crippen MR) is 73.7 cm³/mol. The maximum absolute atomic E-state index is 12.2. The summed E-state index contributed by atoms with van der Waals surface area (Å²) < 4.78 is 0. The number of carbonyl (C=O) groups excluding carboxylic acids is 1. The van der Waals surface area contributed by atoms with Gasteiger partial charge in [-0.1, -0.05) is 35.4 Å². The molecule has 0 fully saturated rings. The number of allylic oxidation sites excluding steroid dienone is 2. The summed E-state index contributed by atoms with van der Waals surface area (Å²) in [6.45, 7) is 0. The van der Waals surface area contributed by atoms with E-state index >= 15 is 0 Å². The van der Waals surface area contributed by atoms with Gasteiger partial charge >= 0.3 is 5.97 Å². The molecule has 20 heavy (non-hydrogen) atoms. The predicted octanol–water partition coefficient (Wildman–Crippen LogP) is 2.39. The number of nitrogens with one attached hydrogen (secondary N) is 1. The minimum Gasteiger partial charge on any atom is -0.481 e. The summed E-state index contributed by atoms with van der Waals surface area (Å²) >= 11 is 11.6. The maximum Gasteiger partial charge on any atom is 0.307 e. The van der Waals surface area contributed by atoms with Crippen LogP contribution in [0.3, 0.4) is 0 Å². The topological polar surface area (TPSA) is 92.2 Å². The average Bonchev–Trinajstić information content (AvgIpc) is 2.43. The Labute approximate surface area is 124 Å². The van der Waals surface area contributed by atoms with Crippen LogP contribution in [0.2, 0.25) is 10.2 Å². The zero-order valence-corrected chi connectivity index (χ0v) is 11.7. The van der Waals surface area contributed by atoms with Gasteiger partial charge in [-0.2, -0.15) is 0 Å². The van der Waals surface area contributed by atoms with Crippen LogP contribution in [0.1, 0.15) is 12.8 Å². The normalized spacial score (nSPS) is 21.5. The number of aliphatic carboxylic acids is 1. The molecule has 1 heterocycles. The molecule has 0 saturated carbocycles. The van der Waals surface area contributed by atoms with Crippen LogP contribution in [0.4, 0.5) is 5.82 Å². The van der Waals surface area contributed by atoms with Gasteiger partial charge in [-0.3, -0.25) is 9.59 Å². The monoisotopic (exact) mass is 315 g/mol. The Hall–Kier alpha value is -1.66. The number of hydrogen-bond donors (Lipinski definition) is 2. The number of rotatable bonds is 3. The molecule has 2 unspecified atom stereocenters. The van der Waals surface area contributed by atoms with Crippen molar-refractivity contribution in [3.8, 4) is 0 Å². The smallest absolute Gasteiger partial charge is 0.307 e. The van der Waals surface area contributed by atoms with Gasteiger partial charge in [-0.15, -0.1) is 0 Å². The Morgan fingerprint density at radius 3 is 2.50 bits per heavy atom. The van der Waals surface area contributed by atoms with Crippen molar-refractivity contribution < 1.29 is 14.7 Å². The Bertz CT molecular complexity index is 577. The van der Waals surface area contributed by atoms with Gasteiger partial charge in [0.1, 0.15) is 11.3 Å². The van der Waals surface area contributed by atoms with Crippen LogP contribution in [0.15, 0.2) is 18.5 Å². The number of hydrogen-bond acceptors (Lipinski definition) is 4. The van der Waals surface area contributed by atoms with Crippen molar-refractivity contribution in [3.05, 3.63) is 28.7 Å². The van der Waals surface area contributed by atoms with Gasteiger partial charge in [0.25, 0.3) is 0 Å². The van der Waals surface area contributed by atoms with Crippen molar-refractivity contribution in [3.63, 3.8) is 0 Å². The first-order valence-corrected chi connectivity index (χ1v) is 6.61. The first-order valence-electron chi connectivity index (χ1n) is 5.85. The third-order valence-corrected chi connectivity index (χ3v) is 3.82. The fraction of sp³-hybridized carbons (Fsp3) is 0.333. The Morgan fingerprint density at radius 2 is 1.85 bits per heavy atom. The van der Waals surface area contributed by atoms with E-state index in [1.54, 1.807) is 12.2 Å². The molecule has 1 amide bonds. The van der Waals surface area contributed by atoms with Gasteiger partial charge in [0.05, 0.1) is 11.8 Å². The van der Waals surface area contributed by atoms with Gasteiger partial charge in [-0.05, 0) is 12.8 Å². The summed E-state index contributed by atoms with van der Waals surface area (Å²) in [5, 5.41) is 11.7. The summed E-state index contributed by atoms with van der Waals surface area (Å²) in [6, 6.07) is 0. The van der Waals surface area contributed by atoms with E-state index in [1.807, 2.05) is 0 Å². The molecule has 1 aromatic rings. The van der Waals surface area contributed by atoms with E-state index in [0.29, 0.717) is 12.8 Å². The number of carboxylic acids is 1. The largest absolute Gasteiger partial charge is 0.481 e. The van der Waals surface area contributed by atoms with Crippen LogP contribution < -0.4 is 5.32 Å². The van der Waals surface area contributed by atoms with Crippen molar-refractivity contribution in [1.29, 1.82) is 0 Å². The Kier molecular flexibility index (Phi) is 4.57. The molecule has 2 N–H and O–H groups in total. The van der Waals surface area contributed by atoms with Gasteiger partial charge in [0, 0.05) is 0 Å². The summed E-state index contributed by atoms with van der Waals surface area (Å²) in [5.74, 6) is -2.78. The third-order valence-electron chi connectivity index (χ3n) is 3.07. The highest BCUT2D eigenvalue weighted by Crippen LogP contribution is 2.29. The lowest BCUT2D eigenvalue weighted by Crippen LogP contribution is -2.35. The molecule has 106 valence electrons. The van der Waals surface area contributed by atoms with Crippen LogP contribution in [-0.4, -0.2) is 27.0 Å². The lowest BCUT2D eigenvalue weighted by molar-refractivity contribution is -0.146. The lowest BCUT2D eigenvalue weighted by Gasteiger charge is -2.24. The number of aromatic nitrogens is 2. The third kappa shape index (κ3) is 3.08. The minimum atomic E-state index is -0.999. The second-order valence-electron chi connectivity index (χ2n) is 4.31.